The molecule has 23 heavy (non-hydrogen) atoms. The lowest BCUT2D eigenvalue weighted by molar-refractivity contribution is -0.134. The molecule has 0 unspecified atom stereocenters. The van der Waals surface area contributed by atoms with Crippen molar-refractivity contribution in [2.75, 3.05) is 18.4 Å². The summed E-state index contributed by atoms with van der Waals surface area (Å²) in [6.07, 6.45) is 3.07. The number of hydrogen-bond donors (Lipinski definition) is 2. The maximum absolute atomic E-state index is 12.2. The predicted octanol–water partition coefficient (Wildman–Crippen LogP) is 2.82. The van der Waals surface area contributed by atoms with Gasteiger partial charge in [-0.1, -0.05) is 31.5 Å². The molecule has 1 aliphatic carbocycles. The number of nitrogens with zero attached hydrogens (tertiary/aromatic N) is 1. The zero-order chi connectivity index (χ0) is 15.8. The summed E-state index contributed by atoms with van der Waals surface area (Å²) in [5, 5.41) is 13.5. The summed E-state index contributed by atoms with van der Waals surface area (Å²) in [4.78, 5) is 14.8. The minimum absolute atomic E-state index is 0.123. The normalized spacial score (nSPS) is 37.3. The summed E-state index contributed by atoms with van der Waals surface area (Å²) in [7, 11) is 0. The van der Waals surface area contributed by atoms with Crippen LogP contribution in [0.4, 0.5) is 5.69 Å². The molecule has 120 valence electrons. The van der Waals surface area contributed by atoms with Crippen LogP contribution in [0.5, 0.6) is 0 Å². The summed E-state index contributed by atoms with van der Waals surface area (Å²) in [6, 6.07) is 8.90. The van der Waals surface area contributed by atoms with Gasteiger partial charge in [0.25, 0.3) is 0 Å². The Balaban J connectivity index is 1.85. The number of carboxylic acid groups (broad SMARTS) is 1. The molecule has 2 bridgehead atoms. The van der Waals surface area contributed by atoms with E-state index in [4.69, 9.17) is 0 Å². The van der Waals surface area contributed by atoms with Crippen LogP contribution in [-0.4, -0.2) is 35.1 Å². The summed E-state index contributed by atoms with van der Waals surface area (Å²) < 4.78 is 0. The van der Waals surface area contributed by atoms with Crippen molar-refractivity contribution in [3.63, 3.8) is 0 Å². The molecular weight excluding hydrogens is 288 g/mol. The second-order valence-corrected chi connectivity index (χ2v) is 7.43. The molecule has 4 nitrogen and oxygen atoms in total. The van der Waals surface area contributed by atoms with Crippen LogP contribution in [0.15, 0.2) is 35.5 Å². The van der Waals surface area contributed by atoms with E-state index in [0.717, 1.165) is 43.7 Å². The third-order valence-corrected chi connectivity index (χ3v) is 6.80. The molecule has 1 aromatic rings. The molecular formula is C19H22N2O2. The van der Waals surface area contributed by atoms with E-state index in [1.54, 1.807) is 0 Å². The standard InChI is InChI=1S/C19H22N2O2/c1-2-11-12-7-9-21-10-8-19(17(11)21)13-5-3-4-6-14(13)20-16(19)15(12)18(22)23/h3-6,11-12,17,20H,2,7-10H2,1H3,(H,22,23)/t11-,12-,17+,19-/m1/s1. The summed E-state index contributed by atoms with van der Waals surface area (Å²) >= 11 is 0. The molecule has 0 saturated carbocycles. The fraction of sp³-hybridized carbons (Fsp3) is 0.526. The largest absolute Gasteiger partial charge is 0.478 e. The van der Waals surface area contributed by atoms with Crippen molar-refractivity contribution in [1.82, 2.24) is 4.90 Å². The Morgan fingerprint density at radius 2 is 2.22 bits per heavy atom. The number of fused-ring (bicyclic) bond motifs is 2. The second kappa shape index (κ2) is 4.38. The fourth-order valence-corrected chi connectivity index (χ4v) is 6.10. The second-order valence-electron chi connectivity index (χ2n) is 7.43. The highest BCUT2D eigenvalue weighted by Gasteiger charge is 2.64. The van der Waals surface area contributed by atoms with E-state index < -0.39 is 5.97 Å². The van der Waals surface area contributed by atoms with Gasteiger partial charge in [0, 0.05) is 17.4 Å². The number of nitrogens with one attached hydrogen (secondary N) is 1. The van der Waals surface area contributed by atoms with Gasteiger partial charge in [-0.2, -0.15) is 0 Å². The molecule has 0 amide bonds. The maximum Gasteiger partial charge on any atom is 0.333 e. The van der Waals surface area contributed by atoms with Crippen LogP contribution in [-0.2, 0) is 10.2 Å². The molecule has 2 saturated heterocycles. The van der Waals surface area contributed by atoms with Gasteiger partial charge in [0.2, 0.25) is 0 Å². The van der Waals surface area contributed by atoms with E-state index >= 15 is 0 Å². The van der Waals surface area contributed by atoms with E-state index in [9.17, 15) is 9.90 Å². The lowest BCUT2D eigenvalue weighted by Gasteiger charge is -2.52. The lowest BCUT2D eigenvalue weighted by Crippen LogP contribution is -2.58. The highest BCUT2D eigenvalue weighted by Crippen LogP contribution is 2.62. The average Bonchev–Trinajstić information content (AvgIpc) is 3.10. The highest BCUT2D eigenvalue weighted by atomic mass is 16.4. The van der Waals surface area contributed by atoms with Gasteiger partial charge in [-0.25, -0.2) is 4.79 Å². The van der Waals surface area contributed by atoms with Gasteiger partial charge in [0.15, 0.2) is 0 Å². The zero-order valence-corrected chi connectivity index (χ0v) is 13.4. The first-order chi connectivity index (χ1) is 11.2. The molecule has 4 atom stereocenters. The number of aliphatic carboxylic acids is 1. The highest BCUT2D eigenvalue weighted by molar-refractivity contribution is 5.92. The first kappa shape index (κ1) is 13.6. The summed E-state index contributed by atoms with van der Waals surface area (Å²) in [5.74, 6) is -0.0715. The minimum atomic E-state index is -0.720. The Morgan fingerprint density at radius 1 is 1.39 bits per heavy atom. The number of hydrogen-bond acceptors (Lipinski definition) is 3. The number of piperidine rings is 1. The van der Waals surface area contributed by atoms with Crippen molar-refractivity contribution in [2.24, 2.45) is 11.8 Å². The first-order valence-electron chi connectivity index (χ1n) is 8.77. The summed E-state index contributed by atoms with van der Waals surface area (Å²) in [5.41, 5.74) is 3.99. The van der Waals surface area contributed by atoms with Gasteiger partial charge in [-0.15, -0.1) is 0 Å². The van der Waals surface area contributed by atoms with Crippen LogP contribution < -0.4 is 5.32 Å². The minimum Gasteiger partial charge on any atom is -0.478 e. The molecule has 0 radical (unpaired) electrons. The van der Waals surface area contributed by atoms with Gasteiger partial charge in [0.1, 0.15) is 0 Å². The van der Waals surface area contributed by atoms with Crippen LogP contribution in [0.2, 0.25) is 0 Å². The Bertz CT molecular complexity index is 741. The third kappa shape index (κ3) is 1.44. The third-order valence-electron chi connectivity index (χ3n) is 6.80. The molecule has 4 heteroatoms. The Hall–Kier alpha value is -1.81. The Kier molecular flexibility index (Phi) is 2.59. The fourth-order valence-electron chi connectivity index (χ4n) is 6.10. The smallest absolute Gasteiger partial charge is 0.333 e. The molecule has 5 rings (SSSR count). The maximum atomic E-state index is 12.2. The zero-order valence-electron chi connectivity index (χ0n) is 13.4. The number of para-hydroxylation sites is 1. The Labute approximate surface area is 136 Å². The number of benzene rings is 1. The van der Waals surface area contributed by atoms with Crippen molar-refractivity contribution in [3.8, 4) is 0 Å². The monoisotopic (exact) mass is 310 g/mol. The first-order valence-corrected chi connectivity index (χ1v) is 8.77. The van der Waals surface area contributed by atoms with Crippen LogP contribution in [0.3, 0.4) is 0 Å². The van der Waals surface area contributed by atoms with Gasteiger partial charge in [-0.3, -0.25) is 4.90 Å². The van der Waals surface area contributed by atoms with Crippen molar-refractivity contribution >= 4 is 11.7 Å². The average molecular weight is 310 g/mol. The molecule has 2 N–H and O–H groups in total. The van der Waals surface area contributed by atoms with Crippen molar-refractivity contribution < 1.29 is 9.90 Å². The van der Waals surface area contributed by atoms with Crippen molar-refractivity contribution in [2.45, 2.75) is 37.6 Å². The van der Waals surface area contributed by atoms with Crippen LogP contribution in [0.1, 0.15) is 31.7 Å². The van der Waals surface area contributed by atoms with E-state index in [-0.39, 0.29) is 11.3 Å². The number of carbonyl (C=O) groups is 1. The van der Waals surface area contributed by atoms with Gasteiger partial charge in [-0.05, 0) is 49.4 Å². The van der Waals surface area contributed by atoms with Crippen molar-refractivity contribution in [3.05, 3.63) is 41.1 Å². The van der Waals surface area contributed by atoms with E-state index in [1.165, 1.54) is 5.56 Å². The molecule has 0 aromatic heterocycles. The SMILES string of the molecule is CC[C@H]1[C@@H]2N3CC[C@H]1C(C(=O)O)=C1Nc4ccccc4[C@]12CC3. The number of anilines is 1. The molecule has 1 aromatic carbocycles. The Morgan fingerprint density at radius 3 is 3.00 bits per heavy atom. The van der Waals surface area contributed by atoms with Gasteiger partial charge in [0.05, 0.1) is 11.0 Å². The molecule has 4 aliphatic rings. The van der Waals surface area contributed by atoms with Crippen molar-refractivity contribution in [1.29, 1.82) is 0 Å². The number of carboxylic acids is 1. The molecule has 3 aliphatic heterocycles. The van der Waals surface area contributed by atoms with Crippen LogP contribution in [0, 0.1) is 11.8 Å². The van der Waals surface area contributed by atoms with Crippen LogP contribution >= 0.6 is 0 Å². The van der Waals surface area contributed by atoms with Gasteiger partial charge >= 0.3 is 5.97 Å². The molecule has 2 fully saturated rings. The molecule has 1 spiro atoms. The van der Waals surface area contributed by atoms with E-state index in [0.29, 0.717) is 17.5 Å². The van der Waals surface area contributed by atoms with E-state index in [1.807, 2.05) is 6.07 Å². The predicted molar refractivity (Wildman–Crippen MR) is 88.3 cm³/mol. The quantitative estimate of drug-likeness (QED) is 0.882. The number of rotatable bonds is 2. The molecule has 3 heterocycles. The topological polar surface area (TPSA) is 52.6 Å². The van der Waals surface area contributed by atoms with Crippen LogP contribution in [0.25, 0.3) is 0 Å². The van der Waals surface area contributed by atoms with E-state index in [2.05, 4.69) is 35.3 Å². The van der Waals surface area contributed by atoms with Gasteiger partial charge < -0.3 is 10.4 Å². The lowest BCUT2D eigenvalue weighted by atomic mass is 9.57. The summed E-state index contributed by atoms with van der Waals surface area (Å²) in [6.45, 7) is 4.35.